The zero-order valence-corrected chi connectivity index (χ0v) is 33.3. The van der Waals surface area contributed by atoms with Gasteiger partial charge in [0.25, 0.3) is 0 Å². The van der Waals surface area contributed by atoms with E-state index >= 15 is 0 Å². The van der Waals surface area contributed by atoms with Gasteiger partial charge in [-0.15, -0.1) is 12.3 Å². The van der Waals surface area contributed by atoms with Crippen LogP contribution in [0.15, 0.2) is 30.3 Å². The number of benzene rings is 1. The third-order valence-corrected chi connectivity index (χ3v) is 11.8. The van der Waals surface area contributed by atoms with Gasteiger partial charge in [-0.25, -0.2) is 9.59 Å². The standard InChI is InChI=1S/C42H61NO15/c1-4-5-6-13-18-43-38(49)27-19-23(2)35(58-41-34(48)33(47)31(45)24(3)53-41)28(21-27)55-42-37(57-40(52)26-16-11-8-12-17-26)36(32(46)30(22-44)56-42)54-29(39(50)51)20-25-14-9-7-10-15-25/h1,8,11-12,16-17,23-25,27-37,41-42,44-48H,5-7,9-10,13-15,18-22H2,2-3H3,(H,43,49)(H,50,51)/t23-,24-,27+,28+,29-,30+,31+,32-,33+,34-,35+,36-,37+,41-,42+/m0/s1. The van der Waals surface area contributed by atoms with E-state index in [0.717, 1.165) is 38.5 Å². The van der Waals surface area contributed by atoms with Crippen LogP contribution in [-0.2, 0) is 38.0 Å². The molecule has 4 fully saturated rings. The monoisotopic (exact) mass is 819 g/mol. The third-order valence-electron chi connectivity index (χ3n) is 11.8. The Morgan fingerprint density at radius 2 is 1.60 bits per heavy atom. The topological polar surface area (TPSA) is 240 Å². The van der Waals surface area contributed by atoms with E-state index < -0.39 is 110 Å². The maximum Gasteiger partial charge on any atom is 0.338 e. The number of nitrogens with one attached hydrogen (secondary N) is 1. The molecule has 16 nitrogen and oxygen atoms in total. The Morgan fingerprint density at radius 1 is 0.879 bits per heavy atom. The minimum atomic E-state index is -1.67. The number of carboxylic acid groups (broad SMARTS) is 1. The van der Waals surface area contributed by atoms with Crippen molar-refractivity contribution in [2.24, 2.45) is 17.8 Å². The predicted molar refractivity (Wildman–Crippen MR) is 205 cm³/mol. The quantitative estimate of drug-likeness (QED) is 0.0672. The molecule has 0 unspecified atom stereocenters. The van der Waals surface area contributed by atoms with Crippen LogP contribution >= 0.6 is 0 Å². The SMILES string of the molecule is C#CCCCCNC(=O)[C@@H]1C[C@H](C)[C@@H](O[C@@H]2O[C@@H](C)[C@@H](O)[C@@H](O)[C@@H]2O)[C@H](O[C@@H]2O[C@H](CO)[C@H](O)[C@H](O[C@@H](CC3CCCCC3)C(=O)O)[C@H]2OC(=O)c2ccccc2)C1. The Labute approximate surface area is 339 Å². The molecule has 4 aliphatic rings. The molecule has 0 spiro atoms. The molecule has 2 heterocycles. The molecule has 324 valence electrons. The van der Waals surface area contributed by atoms with Gasteiger partial charge in [0.1, 0.15) is 36.6 Å². The molecule has 1 amide bonds. The van der Waals surface area contributed by atoms with Crippen LogP contribution in [0, 0.1) is 30.1 Å². The summed E-state index contributed by atoms with van der Waals surface area (Å²) in [5.74, 6) is -0.827. The van der Waals surface area contributed by atoms with E-state index in [2.05, 4.69) is 11.2 Å². The second-order valence-electron chi connectivity index (χ2n) is 16.2. The fourth-order valence-electron chi connectivity index (χ4n) is 8.52. The Kier molecular flexibility index (Phi) is 17.3. The van der Waals surface area contributed by atoms with Crippen molar-refractivity contribution in [2.45, 2.75) is 164 Å². The molecule has 0 aromatic heterocycles. The lowest BCUT2D eigenvalue weighted by Crippen LogP contribution is -2.64. The molecular weight excluding hydrogens is 758 g/mol. The first-order chi connectivity index (χ1) is 27.8. The Balaban J connectivity index is 1.47. The minimum Gasteiger partial charge on any atom is -0.479 e. The van der Waals surface area contributed by atoms with Gasteiger partial charge in [-0.1, -0.05) is 57.2 Å². The molecule has 5 rings (SSSR count). The van der Waals surface area contributed by atoms with Gasteiger partial charge in [-0.05, 0) is 63.0 Å². The number of aliphatic carboxylic acids is 1. The van der Waals surface area contributed by atoms with Gasteiger partial charge >= 0.3 is 11.9 Å². The first kappa shape index (κ1) is 45.9. The highest BCUT2D eigenvalue weighted by Gasteiger charge is 2.53. The molecule has 1 aromatic carbocycles. The number of terminal acetylenes is 1. The lowest BCUT2D eigenvalue weighted by atomic mass is 9.77. The summed E-state index contributed by atoms with van der Waals surface area (Å²) >= 11 is 0. The van der Waals surface area contributed by atoms with Crippen LogP contribution in [0.5, 0.6) is 0 Å². The molecule has 15 atom stereocenters. The fraction of sp³-hybridized carbons (Fsp3) is 0.738. The highest BCUT2D eigenvalue weighted by atomic mass is 16.7. The van der Waals surface area contributed by atoms with Gasteiger partial charge in [0, 0.05) is 18.9 Å². The van der Waals surface area contributed by atoms with Gasteiger partial charge in [-0.2, -0.15) is 0 Å². The average Bonchev–Trinajstić information content (AvgIpc) is 3.22. The number of amides is 1. The third kappa shape index (κ3) is 11.7. The molecule has 0 radical (unpaired) electrons. The van der Waals surface area contributed by atoms with Crippen molar-refractivity contribution < 1.29 is 73.4 Å². The van der Waals surface area contributed by atoms with E-state index in [1.165, 1.54) is 19.1 Å². The number of rotatable bonds is 17. The summed E-state index contributed by atoms with van der Waals surface area (Å²) in [6, 6.07) is 7.98. The number of hydrogen-bond donors (Lipinski definition) is 7. The largest absolute Gasteiger partial charge is 0.479 e. The van der Waals surface area contributed by atoms with Crippen LogP contribution in [0.1, 0.15) is 94.8 Å². The summed E-state index contributed by atoms with van der Waals surface area (Å²) in [6.07, 6.45) is -5.85. The molecule has 0 bridgehead atoms. The number of carbonyl (C=O) groups excluding carboxylic acids is 2. The number of carboxylic acids is 1. The van der Waals surface area contributed by atoms with E-state index in [9.17, 15) is 45.0 Å². The Hall–Kier alpha value is -3.21. The highest BCUT2D eigenvalue weighted by molar-refractivity contribution is 5.89. The van der Waals surface area contributed by atoms with Crippen LogP contribution in [0.4, 0.5) is 0 Å². The number of carbonyl (C=O) groups is 3. The van der Waals surface area contributed by atoms with Crippen molar-refractivity contribution in [3.05, 3.63) is 35.9 Å². The van der Waals surface area contributed by atoms with E-state index in [1.807, 2.05) is 0 Å². The zero-order valence-electron chi connectivity index (χ0n) is 33.3. The number of hydrogen-bond acceptors (Lipinski definition) is 14. The number of unbranched alkanes of at least 4 members (excludes halogenated alkanes) is 2. The Bertz CT molecular complexity index is 1500. The van der Waals surface area contributed by atoms with E-state index in [0.29, 0.717) is 25.8 Å². The van der Waals surface area contributed by atoms with Gasteiger partial charge in [0.2, 0.25) is 5.91 Å². The van der Waals surface area contributed by atoms with Gasteiger partial charge in [0.05, 0.1) is 30.5 Å². The van der Waals surface area contributed by atoms with Gasteiger partial charge in [0.15, 0.2) is 24.8 Å². The van der Waals surface area contributed by atoms with Crippen molar-refractivity contribution in [2.75, 3.05) is 13.2 Å². The van der Waals surface area contributed by atoms with Gasteiger partial charge < -0.3 is 64.4 Å². The molecule has 2 aliphatic carbocycles. The zero-order chi connectivity index (χ0) is 41.9. The predicted octanol–water partition coefficient (Wildman–Crippen LogP) is 1.66. The van der Waals surface area contributed by atoms with E-state index in [1.54, 1.807) is 25.1 Å². The van der Waals surface area contributed by atoms with Crippen molar-refractivity contribution in [3.63, 3.8) is 0 Å². The molecule has 2 saturated heterocycles. The summed E-state index contributed by atoms with van der Waals surface area (Å²) in [6.45, 7) is 2.97. The second kappa shape index (κ2) is 21.9. The average molecular weight is 820 g/mol. The van der Waals surface area contributed by atoms with Crippen molar-refractivity contribution in [1.29, 1.82) is 0 Å². The van der Waals surface area contributed by atoms with Crippen LogP contribution in [-0.4, -0.2) is 141 Å². The van der Waals surface area contributed by atoms with E-state index in [-0.39, 0.29) is 30.2 Å². The fourth-order valence-corrected chi connectivity index (χ4v) is 8.52. The van der Waals surface area contributed by atoms with Crippen LogP contribution in [0.2, 0.25) is 0 Å². The molecule has 7 N–H and O–H groups in total. The molecule has 2 aliphatic heterocycles. The normalized spacial score (nSPS) is 36.3. The summed E-state index contributed by atoms with van der Waals surface area (Å²) in [5.41, 5.74) is 0.139. The molecule has 1 aromatic rings. The lowest BCUT2D eigenvalue weighted by Gasteiger charge is -2.48. The van der Waals surface area contributed by atoms with E-state index in [4.69, 9.17) is 34.8 Å². The first-order valence-corrected chi connectivity index (χ1v) is 20.6. The summed E-state index contributed by atoms with van der Waals surface area (Å²) in [7, 11) is 0. The minimum absolute atomic E-state index is 0.0191. The molecule has 16 heteroatoms. The molecule has 58 heavy (non-hydrogen) atoms. The number of ether oxygens (including phenoxy) is 6. The number of aliphatic hydroxyl groups excluding tert-OH is 5. The van der Waals surface area contributed by atoms with Crippen molar-refractivity contribution in [1.82, 2.24) is 5.32 Å². The molecular formula is C42H61NO15. The van der Waals surface area contributed by atoms with Crippen LogP contribution in [0.25, 0.3) is 0 Å². The summed E-state index contributed by atoms with van der Waals surface area (Å²) < 4.78 is 37.1. The van der Waals surface area contributed by atoms with Gasteiger partial charge in [-0.3, -0.25) is 4.79 Å². The second-order valence-corrected chi connectivity index (χ2v) is 16.2. The van der Waals surface area contributed by atoms with Crippen LogP contribution < -0.4 is 5.32 Å². The number of aliphatic hydroxyl groups is 5. The maximum absolute atomic E-state index is 13.7. The highest BCUT2D eigenvalue weighted by Crippen LogP contribution is 2.39. The van der Waals surface area contributed by atoms with Crippen molar-refractivity contribution >= 4 is 17.8 Å². The summed E-state index contributed by atoms with van der Waals surface area (Å²) in [5, 5.41) is 67.1. The van der Waals surface area contributed by atoms with Crippen molar-refractivity contribution in [3.8, 4) is 12.3 Å². The maximum atomic E-state index is 13.7. The lowest BCUT2D eigenvalue weighted by molar-refractivity contribution is -0.349. The molecule has 2 saturated carbocycles. The Morgan fingerprint density at radius 3 is 2.28 bits per heavy atom. The van der Waals surface area contributed by atoms with Crippen LogP contribution in [0.3, 0.4) is 0 Å². The number of esters is 1. The smallest absolute Gasteiger partial charge is 0.338 e. The first-order valence-electron chi connectivity index (χ1n) is 20.6. The summed E-state index contributed by atoms with van der Waals surface area (Å²) in [4.78, 5) is 40.0.